The standard InChI is InChI=1S/C19H13Cl3N4O3/c20-13-6-15(22)16(7-14(13)21)29-10-17(27)25-19(28)26-18-23-8-12(9-24-18)11-4-2-1-3-5-11/h1-9H,10H2,(H2,23,24,25,26,27,28). The summed E-state index contributed by atoms with van der Waals surface area (Å²) in [5, 5.41) is 5.12. The fourth-order valence-electron chi connectivity index (χ4n) is 2.23. The molecule has 0 spiro atoms. The summed E-state index contributed by atoms with van der Waals surface area (Å²) in [6.07, 6.45) is 3.13. The Morgan fingerprint density at radius 2 is 1.55 bits per heavy atom. The summed E-state index contributed by atoms with van der Waals surface area (Å²) < 4.78 is 5.25. The Balaban J connectivity index is 1.51. The summed E-state index contributed by atoms with van der Waals surface area (Å²) in [4.78, 5) is 31.9. The van der Waals surface area contributed by atoms with Gasteiger partial charge in [-0.15, -0.1) is 0 Å². The monoisotopic (exact) mass is 450 g/mol. The maximum Gasteiger partial charge on any atom is 0.328 e. The highest BCUT2D eigenvalue weighted by Gasteiger charge is 2.13. The van der Waals surface area contributed by atoms with Gasteiger partial charge in [-0.25, -0.2) is 14.8 Å². The highest BCUT2D eigenvalue weighted by atomic mass is 35.5. The van der Waals surface area contributed by atoms with Gasteiger partial charge in [-0.2, -0.15) is 0 Å². The number of rotatable bonds is 5. The van der Waals surface area contributed by atoms with Gasteiger partial charge in [0.05, 0.1) is 15.1 Å². The SMILES string of the molecule is O=C(COc1cc(Cl)c(Cl)cc1Cl)NC(=O)Nc1ncc(-c2ccccc2)cn1. The van der Waals surface area contributed by atoms with Crippen LogP contribution in [-0.4, -0.2) is 28.5 Å². The first kappa shape index (κ1) is 20.9. The number of aromatic nitrogens is 2. The van der Waals surface area contributed by atoms with Gasteiger partial charge in [-0.05, 0) is 11.6 Å². The second kappa shape index (κ2) is 9.56. The van der Waals surface area contributed by atoms with Gasteiger partial charge in [-0.3, -0.25) is 15.4 Å². The summed E-state index contributed by atoms with van der Waals surface area (Å²) >= 11 is 17.7. The Bertz CT molecular complexity index is 1030. The van der Waals surface area contributed by atoms with Crippen LogP contribution in [-0.2, 0) is 4.79 Å². The highest BCUT2D eigenvalue weighted by molar-refractivity contribution is 6.43. The number of hydrogen-bond acceptors (Lipinski definition) is 5. The molecule has 0 saturated carbocycles. The van der Waals surface area contributed by atoms with Crippen molar-refractivity contribution in [1.29, 1.82) is 0 Å². The third-order valence-electron chi connectivity index (χ3n) is 3.57. The first-order valence-electron chi connectivity index (χ1n) is 8.18. The van der Waals surface area contributed by atoms with E-state index in [2.05, 4.69) is 20.6 Å². The van der Waals surface area contributed by atoms with Crippen LogP contribution in [0, 0.1) is 0 Å². The Kier molecular flexibility index (Phi) is 6.87. The third-order valence-corrected chi connectivity index (χ3v) is 4.59. The van der Waals surface area contributed by atoms with Crippen molar-refractivity contribution in [2.24, 2.45) is 0 Å². The normalized spacial score (nSPS) is 10.3. The summed E-state index contributed by atoms with van der Waals surface area (Å²) in [6.45, 7) is -0.459. The third kappa shape index (κ3) is 5.80. The number of carbonyl (C=O) groups excluding carboxylic acids is 2. The average Bonchev–Trinajstić information content (AvgIpc) is 2.71. The van der Waals surface area contributed by atoms with Gasteiger partial charge in [0.1, 0.15) is 5.75 Å². The van der Waals surface area contributed by atoms with Crippen LogP contribution in [0.2, 0.25) is 15.1 Å². The molecule has 0 aliphatic rings. The summed E-state index contributed by atoms with van der Waals surface area (Å²) in [5.74, 6) is -0.495. The number of nitrogens with one attached hydrogen (secondary N) is 2. The van der Waals surface area contributed by atoms with Gasteiger partial charge in [0.25, 0.3) is 5.91 Å². The Labute approximate surface area is 181 Å². The molecular weight excluding hydrogens is 439 g/mol. The molecule has 2 aromatic carbocycles. The molecule has 0 aliphatic carbocycles. The van der Waals surface area contributed by atoms with Gasteiger partial charge >= 0.3 is 6.03 Å². The number of anilines is 1. The minimum atomic E-state index is -0.800. The molecule has 0 atom stereocenters. The van der Waals surface area contributed by atoms with Crippen LogP contribution in [0.3, 0.4) is 0 Å². The van der Waals surface area contributed by atoms with Gasteiger partial charge < -0.3 is 4.74 Å². The van der Waals surface area contributed by atoms with Crippen molar-refractivity contribution in [2.75, 3.05) is 11.9 Å². The minimum absolute atomic E-state index is 0.0448. The molecule has 3 rings (SSSR count). The van der Waals surface area contributed by atoms with Crippen molar-refractivity contribution in [3.05, 3.63) is 69.9 Å². The lowest BCUT2D eigenvalue weighted by Crippen LogP contribution is -2.37. The Morgan fingerprint density at radius 1 is 0.897 bits per heavy atom. The number of urea groups is 1. The zero-order valence-corrected chi connectivity index (χ0v) is 16.9. The minimum Gasteiger partial charge on any atom is -0.482 e. The molecule has 1 heterocycles. The number of nitrogens with zero attached hydrogens (tertiary/aromatic N) is 2. The first-order chi connectivity index (χ1) is 13.9. The van der Waals surface area contributed by atoms with E-state index < -0.39 is 18.5 Å². The van der Waals surface area contributed by atoms with E-state index in [1.165, 1.54) is 12.1 Å². The molecule has 0 aliphatic heterocycles. The van der Waals surface area contributed by atoms with Crippen LogP contribution in [0.1, 0.15) is 0 Å². The van der Waals surface area contributed by atoms with Gasteiger partial charge in [0.2, 0.25) is 5.95 Å². The molecular formula is C19H13Cl3N4O3. The predicted molar refractivity (Wildman–Crippen MR) is 112 cm³/mol. The Hall–Kier alpha value is -2.87. The molecule has 7 nitrogen and oxygen atoms in total. The maximum absolute atomic E-state index is 11.9. The van der Waals surface area contributed by atoms with E-state index in [4.69, 9.17) is 39.5 Å². The maximum atomic E-state index is 11.9. The van der Waals surface area contributed by atoms with Crippen molar-refractivity contribution in [3.63, 3.8) is 0 Å². The average molecular weight is 452 g/mol. The predicted octanol–water partition coefficient (Wildman–Crippen LogP) is 4.83. The van der Waals surface area contributed by atoms with Crippen molar-refractivity contribution < 1.29 is 14.3 Å². The second-order valence-corrected chi connectivity index (χ2v) is 6.87. The van der Waals surface area contributed by atoms with Crippen molar-refractivity contribution >= 4 is 52.7 Å². The van der Waals surface area contributed by atoms with Crippen molar-refractivity contribution in [2.45, 2.75) is 0 Å². The molecule has 0 fully saturated rings. The molecule has 29 heavy (non-hydrogen) atoms. The van der Waals surface area contributed by atoms with Crippen LogP contribution in [0.25, 0.3) is 11.1 Å². The van der Waals surface area contributed by atoms with Crippen LogP contribution in [0.5, 0.6) is 5.75 Å². The topological polar surface area (TPSA) is 93.2 Å². The molecule has 3 aromatic rings. The van der Waals surface area contributed by atoms with Gasteiger partial charge in [-0.1, -0.05) is 65.1 Å². The molecule has 0 bridgehead atoms. The number of hydrogen-bond donors (Lipinski definition) is 2. The van der Waals surface area contributed by atoms with E-state index in [-0.39, 0.29) is 26.8 Å². The number of amides is 3. The number of halogens is 3. The molecule has 3 amide bonds. The lowest BCUT2D eigenvalue weighted by Gasteiger charge is -2.09. The zero-order chi connectivity index (χ0) is 20.8. The van der Waals surface area contributed by atoms with E-state index in [0.717, 1.165) is 11.1 Å². The van der Waals surface area contributed by atoms with E-state index >= 15 is 0 Å². The van der Waals surface area contributed by atoms with Crippen LogP contribution >= 0.6 is 34.8 Å². The van der Waals surface area contributed by atoms with Gasteiger partial charge in [0, 0.05) is 24.0 Å². The molecule has 10 heteroatoms. The lowest BCUT2D eigenvalue weighted by atomic mass is 10.1. The zero-order valence-electron chi connectivity index (χ0n) is 14.7. The quantitative estimate of drug-likeness (QED) is 0.542. The van der Waals surface area contributed by atoms with E-state index in [1.54, 1.807) is 12.4 Å². The van der Waals surface area contributed by atoms with Gasteiger partial charge in [0.15, 0.2) is 6.61 Å². The summed E-state index contributed by atoms with van der Waals surface area (Å²) in [7, 11) is 0. The molecule has 148 valence electrons. The number of imide groups is 1. The lowest BCUT2D eigenvalue weighted by molar-refractivity contribution is -0.121. The van der Waals surface area contributed by atoms with Crippen LogP contribution < -0.4 is 15.4 Å². The summed E-state index contributed by atoms with van der Waals surface area (Å²) in [5.41, 5.74) is 1.73. The van der Waals surface area contributed by atoms with E-state index in [9.17, 15) is 9.59 Å². The number of carbonyl (C=O) groups is 2. The van der Waals surface area contributed by atoms with Crippen molar-refractivity contribution in [1.82, 2.24) is 15.3 Å². The largest absolute Gasteiger partial charge is 0.482 e. The first-order valence-corrected chi connectivity index (χ1v) is 9.31. The molecule has 2 N–H and O–H groups in total. The van der Waals surface area contributed by atoms with Crippen LogP contribution in [0.15, 0.2) is 54.9 Å². The second-order valence-electron chi connectivity index (χ2n) is 5.65. The van der Waals surface area contributed by atoms with E-state index in [1.807, 2.05) is 30.3 Å². The molecule has 0 saturated heterocycles. The molecule has 1 aromatic heterocycles. The fraction of sp³-hybridized carbons (Fsp3) is 0.0526. The Morgan fingerprint density at radius 3 is 2.24 bits per heavy atom. The fourth-order valence-corrected chi connectivity index (χ4v) is 2.82. The summed E-state index contributed by atoms with van der Waals surface area (Å²) in [6, 6.07) is 11.5. The highest BCUT2D eigenvalue weighted by Crippen LogP contribution is 2.33. The molecule has 0 unspecified atom stereocenters. The van der Waals surface area contributed by atoms with Crippen molar-refractivity contribution in [3.8, 4) is 16.9 Å². The number of ether oxygens (including phenoxy) is 1. The van der Waals surface area contributed by atoms with E-state index in [0.29, 0.717) is 0 Å². The number of benzene rings is 2. The molecule has 0 radical (unpaired) electrons. The van der Waals surface area contributed by atoms with Crippen LogP contribution in [0.4, 0.5) is 10.7 Å². The smallest absolute Gasteiger partial charge is 0.328 e.